The highest BCUT2D eigenvalue weighted by Crippen LogP contribution is 2.38. The molecule has 154 valence electrons. The number of rotatable bonds is 6. The fourth-order valence-electron chi connectivity index (χ4n) is 3.84. The summed E-state index contributed by atoms with van der Waals surface area (Å²) in [6, 6.07) is 5.48. The largest absolute Gasteiger partial charge is 0.470 e. The number of ether oxygens (including phenoxy) is 1. The van der Waals surface area contributed by atoms with Crippen molar-refractivity contribution in [3.63, 3.8) is 0 Å². The summed E-state index contributed by atoms with van der Waals surface area (Å²) in [5, 5.41) is 14.4. The first kappa shape index (κ1) is 20.0. The number of thiazole rings is 1. The van der Waals surface area contributed by atoms with Gasteiger partial charge in [-0.15, -0.1) is 0 Å². The number of Topliss-reactive ketones (excluding diaryl/α,β-unsaturated/α-hetero) is 1. The number of nitrogens with zero attached hydrogens (tertiary/aromatic N) is 2. The van der Waals surface area contributed by atoms with E-state index in [9.17, 15) is 14.7 Å². The Hall–Kier alpha value is -2.29. The second-order valence-electron chi connectivity index (χ2n) is 7.57. The number of anilines is 1. The van der Waals surface area contributed by atoms with E-state index < -0.39 is 5.60 Å². The monoisotopic (exact) mass is 415 g/mol. The molecule has 2 N–H and O–H groups in total. The fraction of sp³-hybridized carbons (Fsp3) is 0.476. The van der Waals surface area contributed by atoms with Gasteiger partial charge in [0.2, 0.25) is 5.91 Å². The molecule has 0 unspecified atom stereocenters. The lowest BCUT2D eigenvalue weighted by Crippen LogP contribution is -2.44. The Kier molecular flexibility index (Phi) is 5.67. The van der Waals surface area contributed by atoms with Crippen LogP contribution in [0, 0.1) is 0 Å². The van der Waals surface area contributed by atoms with Crippen LogP contribution in [0.3, 0.4) is 0 Å². The van der Waals surface area contributed by atoms with E-state index in [1.54, 1.807) is 12.3 Å². The molecule has 3 heterocycles. The average molecular weight is 416 g/mol. The Morgan fingerprint density at radius 1 is 1.34 bits per heavy atom. The molecule has 7 nitrogen and oxygen atoms in total. The molecular formula is C21H25N3O4S. The molecule has 2 aliphatic heterocycles. The zero-order valence-electron chi connectivity index (χ0n) is 16.4. The van der Waals surface area contributed by atoms with Gasteiger partial charge in [-0.1, -0.05) is 11.3 Å². The summed E-state index contributed by atoms with van der Waals surface area (Å²) >= 11 is 1.39. The Morgan fingerprint density at radius 2 is 2.14 bits per heavy atom. The van der Waals surface area contributed by atoms with Gasteiger partial charge in [0.25, 0.3) is 5.19 Å². The van der Waals surface area contributed by atoms with Crippen molar-refractivity contribution < 1.29 is 19.4 Å². The summed E-state index contributed by atoms with van der Waals surface area (Å²) in [7, 11) is 0. The number of ketones is 1. The van der Waals surface area contributed by atoms with Crippen molar-refractivity contribution >= 4 is 28.7 Å². The maximum absolute atomic E-state index is 12.8. The first-order chi connectivity index (χ1) is 14.0. The number of aliphatic hydroxyl groups is 1. The molecule has 0 radical (unpaired) electrons. The van der Waals surface area contributed by atoms with Gasteiger partial charge in [0.05, 0.1) is 18.0 Å². The standard InChI is InChI=1S/C21H25N3O4S/c1-2-28-20-22-12-18(29-20)21(27)7-9-24(10-8-21)13-17(25)15-3-5-16-14(11-15)4-6-19(26)23-16/h3,5,11-12,27H,2,4,6-10,13H2,1H3,(H,23,26). The lowest BCUT2D eigenvalue weighted by molar-refractivity contribution is -0.116. The van der Waals surface area contributed by atoms with Gasteiger partial charge < -0.3 is 15.2 Å². The van der Waals surface area contributed by atoms with E-state index in [0.717, 1.165) is 16.1 Å². The van der Waals surface area contributed by atoms with E-state index in [2.05, 4.69) is 15.2 Å². The summed E-state index contributed by atoms with van der Waals surface area (Å²) in [4.78, 5) is 31.4. The summed E-state index contributed by atoms with van der Waals surface area (Å²) < 4.78 is 5.41. The van der Waals surface area contributed by atoms with Gasteiger partial charge in [0, 0.05) is 37.0 Å². The smallest absolute Gasteiger partial charge is 0.273 e. The van der Waals surface area contributed by atoms with Gasteiger partial charge in [0.15, 0.2) is 5.78 Å². The number of aromatic nitrogens is 1. The van der Waals surface area contributed by atoms with Gasteiger partial charge in [-0.3, -0.25) is 14.5 Å². The average Bonchev–Trinajstić information content (AvgIpc) is 3.19. The topological polar surface area (TPSA) is 91.8 Å². The number of piperidine rings is 1. The maximum Gasteiger partial charge on any atom is 0.273 e. The van der Waals surface area contributed by atoms with Crippen LogP contribution in [0.1, 0.15) is 47.0 Å². The van der Waals surface area contributed by atoms with Crippen molar-refractivity contribution in [3.05, 3.63) is 40.4 Å². The first-order valence-corrected chi connectivity index (χ1v) is 10.8. The Bertz CT molecular complexity index is 918. The molecular weight excluding hydrogens is 390 g/mol. The third kappa shape index (κ3) is 4.34. The van der Waals surface area contributed by atoms with Crippen LogP contribution in [0.25, 0.3) is 0 Å². The lowest BCUT2D eigenvalue weighted by atomic mass is 9.90. The molecule has 1 amide bonds. The van der Waals surface area contributed by atoms with Gasteiger partial charge in [-0.25, -0.2) is 4.98 Å². The minimum atomic E-state index is -0.906. The quantitative estimate of drug-likeness (QED) is 0.705. The second-order valence-corrected chi connectivity index (χ2v) is 8.57. The zero-order chi connectivity index (χ0) is 20.4. The highest BCUT2D eigenvalue weighted by molar-refractivity contribution is 7.13. The van der Waals surface area contributed by atoms with Crippen LogP contribution in [0.15, 0.2) is 24.4 Å². The van der Waals surface area contributed by atoms with Crippen LogP contribution in [-0.2, 0) is 16.8 Å². The molecule has 1 saturated heterocycles. The third-order valence-corrected chi connectivity index (χ3v) is 6.69. The highest BCUT2D eigenvalue weighted by atomic mass is 32.1. The molecule has 2 aliphatic rings. The molecule has 4 rings (SSSR count). The van der Waals surface area contributed by atoms with E-state index in [1.807, 2.05) is 19.1 Å². The Balaban J connectivity index is 1.35. The van der Waals surface area contributed by atoms with Crippen molar-refractivity contribution in [3.8, 4) is 5.19 Å². The minimum absolute atomic E-state index is 0.0201. The second kappa shape index (κ2) is 8.22. The van der Waals surface area contributed by atoms with Gasteiger partial charge in [-0.2, -0.15) is 0 Å². The molecule has 2 aromatic rings. The van der Waals surface area contributed by atoms with Crippen LogP contribution >= 0.6 is 11.3 Å². The molecule has 1 aromatic heterocycles. The highest BCUT2D eigenvalue weighted by Gasteiger charge is 2.36. The number of benzene rings is 1. The molecule has 1 fully saturated rings. The number of likely N-dealkylation sites (tertiary alicyclic amines) is 1. The predicted octanol–water partition coefficient (Wildman–Crippen LogP) is 2.59. The number of hydrogen-bond donors (Lipinski definition) is 2. The molecule has 8 heteroatoms. The van der Waals surface area contributed by atoms with Crippen molar-refractivity contribution in [2.45, 2.75) is 38.2 Å². The van der Waals surface area contributed by atoms with E-state index in [0.29, 0.717) is 62.7 Å². The fourth-order valence-corrected chi connectivity index (χ4v) is 4.81. The number of hydrogen-bond acceptors (Lipinski definition) is 7. The van der Waals surface area contributed by atoms with Gasteiger partial charge in [-0.05, 0) is 49.9 Å². The number of carbonyl (C=O) groups is 2. The van der Waals surface area contributed by atoms with Crippen LogP contribution in [0.2, 0.25) is 0 Å². The molecule has 0 saturated carbocycles. The zero-order valence-corrected chi connectivity index (χ0v) is 17.3. The normalized spacial score (nSPS) is 18.8. The maximum atomic E-state index is 12.8. The van der Waals surface area contributed by atoms with E-state index >= 15 is 0 Å². The molecule has 0 atom stereocenters. The van der Waals surface area contributed by atoms with Crippen molar-refractivity contribution in [1.82, 2.24) is 9.88 Å². The van der Waals surface area contributed by atoms with Crippen LogP contribution in [0.5, 0.6) is 5.19 Å². The van der Waals surface area contributed by atoms with Crippen molar-refractivity contribution in [2.24, 2.45) is 0 Å². The lowest BCUT2D eigenvalue weighted by Gasteiger charge is -2.37. The van der Waals surface area contributed by atoms with Crippen LogP contribution in [-0.4, -0.2) is 52.9 Å². The summed E-state index contributed by atoms with van der Waals surface area (Å²) in [6.45, 7) is 4.07. The van der Waals surface area contributed by atoms with Crippen LogP contribution in [0.4, 0.5) is 5.69 Å². The molecule has 0 aliphatic carbocycles. The Morgan fingerprint density at radius 3 is 2.90 bits per heavy atom. The molecule has 0 bridgehead atoms. The molecule has 29 heavy (non-hydrogen) atoms. The molecule has 1 aromatic carbocycles. The summed E-state index contributed by atoms with van der Waals surface area (Å²) in [5.74, 6) is 0.0817. The van der Waals surface area contributed by atoms with Crippen molar-refractivity contribution in [1.29, 1.82) is 0 Å². The number of amides is 1. The van der Waals surface area contributed by atoms with Crippen molar-refractivity contribution in [2.75, 3.05) is 31.6 Å². The number of aryl methyl sites for hydroxylation is 1. The summed E-state index contributed by atoms with van der Waals surface area (Å²) in [6.07, 6.45) is 3.94. The third-order valence-electron chi connectivity index (χ3n) is 5.58. The molecule has 0 spiro atoms. The summed E-state index contributed by atoms with van der Waals surface area (Å²) in [5.41, 5.74) is 1.58. The van der Waals surface area contributed by atoms with Gasteiger partial charge >= 0.3 is 0 Å². The SMILES string of the molecule is CCOc1ncc(C2(O)CCN(CC(=O)c3ccc4c(c3)CCC(=O)N4)CC2)s1. The number of carbonyl (C=O) groups excluding carboxylic acids is 2. The number of fused-ring (bicyclic) bond motifs is 1. The van der Waals surface area contributed by atoms with E-state index in [-0.39, 0.29) is 11.7 Å². The van der Waals surface area contributed by atoms with Gasteiger partial charge in [0.1, 0.15) is 5.60 Å². The minimum Gasteiger partial charge on any atom is -0.470 e. The van der Waals surface area contributed by atoms with E-state index in [1.165, 1.54) is 11.3 Å². The Labute approximate surface area is 173 Å². The first-order valence-electron chi connectivity index (χ1n) is 9.96. The predicted molar refractivity (Wildman–Crippen MR) is 111 cm³/mol. The van der Waals surface area contributed by atoms with E-state index in [4.69, 9.17) is 4.74 Å². The number of nitrogens with one attached hydrogen (secondary N) is 1. The van der Waals surface area contributed by atoms with Crippen LogP contribution < -0.4 is 10.1 Å².